The molecule has 2 aromatic carbocycles. The number of carbonyl (C=O) groups is 1. The molecule has 2 aromatic heterocycles. The maximum absolute atomic E-state index is 15.3. The van der Waals surface area contributed by atoms with Crippen molar-refractivity contribution in [2.75, 3.05) is 49.2 Å². The summed E-state index contributed by atoms with van der Waals surface area (Å²) in [6.45, 7) is 7.85. The lowest BCUT2D eigenvalue weighted by Crippen LogP contribution is -2.47. The van der Waals surface area contributed by atoms with Crippen LogP contribution >= 0.6 is 0 Å². The fraction of sp³-hybridized carbons (Fsp3) is 0.429. The van der Waals surface area contributed by atoms with E-state index in [9.17, 15) is 32.7 Å². The van der Waals surface area contributed by atoms with Crippen molar-refractivity contribution in [3.05, 3.63) is 96.2 Å². The largest absolute Gasteiger partial charge is 0.477 e. The normalized spacial score (nSPS) is 15.0. The van der Waals surface area contributed by atoms with Crippen LogP contribution in [0.2, 0.25) is 0 Å². The van der Waals surface area contributed by atoms with E-state index in [-0.39, 0.29) is 22.6 Å². The van der Waals surface area contributed by atoms with Crippen LogP contribution in [0.25, 0.3) is 10.9 Å². The van der Waals surface area contributed by atoms with Crippen LogP contribution < -0.4 is 26.9 Å². The Morgan fingerprint density at radius 1 is 1.02 bits per heavy atom. The number of piperazine rings is 1. The molecule has 2 aliphatic rings. The van der Waals surface area contributed by atoms with Crippen molar-refractivity contribution >= 4 is 44.2 Å². The zero-order valence-corrected chi connectivity index (χ0v) is 29.6. The van der Waals surface area contributed by atoms with E-state index in [1.165, 1.54) is 34.0 Å². The van der Waals surface area contributed by atoms with Crippen LogP contribution in [-0.2, 0) is 23.1 Å². The van der Waals surface area contributed by atoms with Crippen LogP contribution in [0.1, 0.15) is 60.1 Å². The summed E-state index contributed by atoms with van der Waals surface area (Å²) >= 11 is 0. The Kier molecular flexibility index (Phi) is 11.5. The lowest BCUT2D eigenvalue weighted by atomic mass is 10.1. The van der Waals surface area contributed by atoms with Crippen LogP contribution in [0.4, 0.5) is 21.6 Å². The van der Waals surface area contributed by atoms with Crippen LogP contribution in [0.3, 0.4) is 0 Å². The number of carboxylic acid groups (broad SMARTS) is 1. The number of aryl methyl sites for hydroxylation is 2. The topological polar surface area (TPSA) is 187 Å². The first-order valence-corrected chi connectivity index (χ1v) is 18.7. The van der Waals surface area contributed by atoms with Crippen LogP contribution in [0.5, 0.6) is 0 Å². The van der Waals surface area contributed by atoms with E-state index < -0.39 is 33.0 Å². The maximum atomic E-state index is 15.3. The smallest absolute Gasteiger partial charge is 0.341 e. The number of anilines is 3. The predicted molar refractivity (Wildman–Crippen MR) is 194 cm³/mol. The Bertz CT molecular complexity index is 2180. The molecule has 51 heavy (non-hydrogen) atoms. The average molecular weight is 727 g/mol. The Balaban J connectivity index is 0.000000943. The van der Waals surface area contributed by atoms with Crippen molar-refractivity contribution in [2.24, 2.45) is 0 Å². The van der Waals surface area contributed by atoms with Gasteiger partial charge in [0.05, 0.1) is 17.5 Å². The number of aromatic nitrogens is 3. The highest BCUT2D eigenvalue weighted by molar-refractivity contribution is 7.85. The summed E-state index contributed by atoms with van der Waals surface area (Å²) < 4.78 is 44.2. The third-order valence-electron chi connectivity index (χ3n) is 9.12. The fourth-order valence-electron chi connectivity index (χ4n) is 6.31. The second-order valence-electron chi connectivity index (χ2n) is 13.0. The van der Waals surface area contributed by atoms with Crippen LogP contribution in [-0.4, -0.2) is 82.0 Å². The zero-order chi connectivity index (χ0) is 37.0. The van der Waals surface area contributed by atoms with E-state index in [1.54, 1.807) is 6.07 Å². The molecule has 0 amide bonds. The SMILES string of the molecule is CCc1cc(Nc2cc(=O)n(CCCCN3CCN(c4cc5c(cc4F)c(=O)c(C(=O)O)cn5C4CC4)CC3)c(=O)[nH]2)ccc1C.CS(=O)(=O)O. The molecule has 4 N–H and O–H groups in total. The summed E-state index contributed by atoms with van der Waals surface area (Å²) in [5.74, 6) is -1.49. The summed E-state index contributed by atoms with van der Waals surface area (Å²) in [6, 6.07) is 10.3. The van der Waals surface area contributed by atoms with Crippen molar-refractivity contribution < 1.29 is 27.3 Å². The summed E-state index contributed by atoms with van der Waals surface area (Å²) in [6.07, 6.45) is 6.23. The molecular weight excluding hydrogens is 683 g/mol. The molecule has 0 bridgehead atoms. The number of fused-ring (bicyclic) bond motifs is 1. The first kappa shape index (κ1) is 37.5. The molecule has 274 valence electrons. The molecule has 0 atom stereocenters. The second kappa shape index (κ2) is 15.6. The van der Waals surface area contributed by atoms with Gasteiger partial charge in [0.25, 0.3) is 15.7 Å². The highest BCUT2D eigenvalue weighted by Crippen LogP contribution is 2.38. The van der Waals surface area contributed by atoms with Crippen molar-refractivity contribution in [3.8, 4) is 0 Å². The van der Waals surface area contributed by atoms with Gasteiger partial charge in [-0.15, -0.1) is 0 Å². The minimum atomic E-state index is -3.67. The van der Waals surface area contributed by atoms with Gasteiger partial charge in [-0.1, -0.05) is 13.0 Å². The van der Waals surface area contributed by atoms with Gasteiger partial charge in [0, 0.05) is 62.1 Å². The van der Waals surface area contributed by atoms with Gasteiger partial charge in [-0.25, -0.2) is 14.0 Å². The summed E-state index contributed by atoms with van der Waals surface area (Å²) in [5, 5.41) is 12.7. The molecule has 14 nitrogen and oxygen atoms in total. The van der Waals surface area contributed by atoms with E-state index in [0.29, 0.717) is 62.4 Å². The number of H-pyrrole nitrogens is 1. The lowest BCUT2D eigenvalue weighted by molar-refractivity contribution is 0.0694. The molecule has 0 unspecified atom stereocenters. The van der Waals surface area contributed by atoms with Gasteiger partial charge in [-0.3, -0.25) is 28.6 Å². The number of halogens is 1. The first-order chi connectivity index (χ1) is 24.1. The van der Waals surface area contributed by atoms with Crippen LogP contribution in [0, 0.1) is 12.7 Å². The zero-order valence-electron chi connectivity index (χ0n) is 28.8. The van der Waals surface area contributed by atoms with E-state index in [0.717, 1.165) is 37.9 Å². The maximum Gasteiger partial charge on any atom is 0.341 e. The molecular formula is C35H43FN6O8S. The van der Waals surface area contributed by atoms with Crippen molar-refractivity contribution in [2.45, 2.75) is 58.5 Å². The Labute approximate surface area is 293 Å². The molecule has 0 spiro atoms. The number of benzene rings is 2. The number of aromatic amines is 1. The Morgan fingerprint density at radius 3 is 2.29 bits per heavy atom. The molecule has 1 aliphatic carbocycles. The third-order valence-corrected chi connectivity index (χ3v) is 9.12. The number of aromatic carboxylic acids is 1. The average Bonchev–Trinajstić information content (AvgIpc) is 3.90. The first-order valence-electron chi connectivity index (χ1n) is 16.8. The number of pyridine rings is 1. The Morgan fingerprint density at radius 2 is 1.69 bits per heavy atom. The Hall–Kier alpha value is -4.80. The number of hydrogen-bond acceptors (Lipinski definition) is 9. The number of nitrogens with zero attached hydrogens (tertiary/aromatic N) is 4. The van der Waals surface area contributed by atoms with Crippen LogP contribution in [0.15, 0.2) is 57.0 Å². The summed E-state index contributed by atoms with van der Waals surface area (Å²) in [5.41, 5.74) is 2.36. The monoisotopic (exact) mass is 726 g/mol. The number of nitrogens with one attached hydrogen (secondary N) is 2. The molecule has 4 aromatic rings. The molecule has 1 aliphatic heterocycles. The number of hydrogen-bond donors (Lipinski definition) is 4. The molecule has 1 saturated carbocycles. The number of unbranched alkanes of at least 4 members (excludes halogenated alkanes) is 1. The van der Waals surface area contributed by atoms with Gasteiger partial charge in [-0.2, -0.15) is 8.42 Å². The van der Waals surface area contributed by atoms with Crippen molar-refractivity contribution in [1.82, 2.24) is 19.0 Å². The minimum absolute atomic E-state index is 0.0902. The highest BCUT2D eigenvalue weighted by Gasteiger charge is 2.28. The van der Waals surface area contributed by atoms with Gasteiger partial charge in [0.15, 0.2) is 0 Å². The molecule has 16 heteroatoms. The molecule has 3 heterocycles. The van der Waals surface area contributed by atoms with Gasteiger partial charge in [0.1, 0.15) is 17.2 Å². The van der Waals surface area contributed by atoms with E-state index in [2.05, 4.69) is 29.0 Å². The molecule has 2 fully saturated rings. The quantitative estimate of drug-likeness (QED) is 0.130. The van der Waals surface area contributed by atoms with E-state index in [4.69, 9.17) is 4.55 Å². The lowest BCUT2D eigenvalue weighted by Gasteiger charge is -2.36. The molecule has 6 rings (SSSR count). The molecule has 0 radical (unpaired) electrons. The van der Waals surface area contributed by atoms with E-state index in [1.807, 2.05) is 27.7 Å². The predicted octanol–water partition coefficient (Wildman–Crippen LogP) is 3.74. The van der Waals surface area contributed by atoms with E-state index >= 15 is 4.39 Å². The van der Waals surface area contributed by atoms with Gasteiger partial charge in [0.2, 0.25) is 5.43 Å². The molecule has 1 saturated heterocycles. The fourth-order valence-corrected chi connectivity index (χ4v) is 6.31. The van der Waals surface area contributed by atoms with Crippen molar-refractivity contribution in [3.63, 3.8) is 0 Å². The van der Waals surface area contributed by atoms with Crippen molar-refractivity contribution in [1.29, 1.82) is 0 Å². The standard InChI is InChI=1S/C34H39FN6O5.CH4O3S/c1-3-22-16-23(7-6-21(22)2)36-30-19-31(42)40(34(46)37-30)11-5-4-10-38-12-14-39(15-13-38)29-18-28-25(17-27(29)35)32(43)26(33(44)45)20-41(28)24-8-9-24;1-5(2,3)4/h6-7,16-20,24,36H,3-5,8-15H2,1-2H3,(H,37,46)(H,44,45);1H3,(H,2,3,4). The summed E-state index contributed by atoms with van der Waals surface area (Å²) in [4.78, 5) is 56.9. The summed E-state index contributed by atoms with van der Waals surface area (Å²) in [7, 11) is -3.67. The third kappa shape index (κ3) is 9.51. The number of carboxylic acids is 1. The highest BCUT2D eigenvalue weighted by atomic mass is 32.2. The van der Waals surface area contributed by atoms with Gasteiger partial charge in [-0.05, 0) is 81.0 Å². The minimum Gasteiger partial charge on any atom is -0.477 e. The second-order valence-corrected chi connectivity index (χ2v) is 14.5. The van der Waals surface area contributed by atoms with Gasteiger partial charge >= 0.3 is 11.7 Å². The van der Waals surface area contributed by atoms with Gasteiger partial charge < -0.3 is 19.9 Å². The number of rotatable bonds is 11.